The largest absolute Gasteiger partial charge is 0.403 e. The summed E-state index contributed by atoms with van der Waals surface area (Å²) in [7, 11) is 0. The van der Waals surface area contributed by atoms with Gasteiger partial charge in [-0.05, 0) is 4.92 Å². The first kappa shape index (κ1) is 7.41. The van der Waals surface area contributed by atoms with Crippen LogP contribution in [0.2, 0.25) is 0 Å². The molecule has 0 bridgehead atoms. The van der Waals surface area contributed by atoms with Crippen LogP contribution in [0.4, 0.5) is 0 Å². The van der Waals surface area contributed by atoms with E-state index in [0.29, 0.717) is 0 Å². The topological polar surface area (TPSA) is 119 Å². The van der Waals surface area contributed by atoms with Gasteiger partial charge in [0, 0.05) is 6.20 Å². The van der Waals surface area contributed by atoms with E-state index in [-0.39, 0.29) is 5.70 Å². The fourth-order valence-electron chi connectivity index (χ4n) is 0.184. The second-order valence-electron chi connectivity index (χ2n) is 1.23. The Morgan fingerprint density at radius 1 is 1.78 bits per heavy atom. The zero-order chi connectivity index (χ0) is 7.44. The molecule has 6 nitrogen and oxygen atoms in total. The lowest BCUT2D eigenvalue weighted by Crippen LogP contribution is -2.20. The smallest absolute Gasteiger partial charge is 0.380 e. The molecule has 0 fully saturated rings. The fraction of sp³-hybridized carbons (Fsp3) is 0. The zero-order valence-corrected chi connectivity index (χ0v) is 4.50. The van der Waals surface area contributed by atoms with Crippen molar-refractivity contribution in [3.8, 4) is 0 Å². The van der Waals surface area contributed by atoms with E-state index < -0.39 is 10.8 Å². The maximum absolute atomic E-state index is 9.70. The van der Waals surface area contributed by atoms with Crippen LogP contribution >= 0.6 is 0 Å². The van der Waals surface area contributed by atoms with E-state index in [4.69, 9.17) is 16.9 Å². The molecule has 0 aliphatic carbocycles. The van der Waals surface area contributed by atoms with Crippen LogP contribution in [-0.4, -0.2) is 10.8 Å². The van der Waals surface area contributed by atoms with Crippen molar-refractivity contribution < 1.29 is 4.92 Å². The molecule has 50 valence electrons. The Morgan fingerprint density at radius 2 is 2.22 bits per heavy atom. The van der Waals surface area contributed by atoms with Crippen molar-refractivity contribution in [1.82, 2.24) is 0 Å². The standard InChI is InChI=1S/C3H6N4O2/c4-1-2(5)3(6)7(8)9/h1,6H,4-5H2/b2-1+,6-3?. The van der Waals surface area contributed by atoms with Gasteiger partial charge in [-0.2, -0.15) is 0 Å². The minimum absolute atomic E-state index is 0.333. The fourth-order valence-corrected chi connectivity index (χ4v) is 0.184. The first-order chi connectivity index (χ1) is 4.09. The first-order valence-electron chi connectivity index (χ1n) is 2.00. The summed E-state index contributed by atoms with van der Waals surface area (Å²) in [6.45, 7) is 0. The molecule has 0 saturated heterocycles. The van der Waals surface area contributed by atoms with Crippen molar-refractivity contribution in [3.05, 3.63) is 22.0 Å². The molecule has 0 unspecified atom stereocenters. The predicted molar refractivity (Wildman–Crippen MR) is 31.2 cm³/mol. The Morgan fingerprint density at radius 3 is 2.33 bits per heavy atom. The van der Waals surface area contributed by atoms with E-state index in [1.807, 2.05) is 0 Å². The van der Waals surface area contributed by atoms with Gasteiger partial charge >= 0.3 is 5.84 Å². The third-order valence-corrected chi connectivity index (χ3v) is 0.636. The number of hydrogen-bond acceptors (Lipinski definition) is 5. The van der Waals surface area contributed by atoms with Crippen LogP contribution in [0.15, 0.2) is 11.9 Å². The van der Waals surface area contributed by atoms with Crippen molar-refractivity contribution in [2.45, 2.75) is 0 Å². The Hall–Kier alpha value is -1.59. The van der Waals surface area contributed by atoms with E-state index in [1.54, 1.807) is 0 Å². The van der Waals surface area contributed by atoms with E-state index in [9.17, 15) is 10.1 Å². The number of nitro groups is 1. The zero-order valence-electron chi connectivity index (χ0n) is 4.50. The number of nitrogens with two attached hydrogens (primary N) is 2. The van der Waals surface area contributed by atoms with Crippen molar-refractivity contribution in [2.75, 3.05) is 0 Å². The summed E-state index contributed by atoms with van der Waals surface area (Å²) >= 11 is 0. The summed E-state index contributed by atoms with van der Waals surface area (Å²) in [5.41, 5.74) is 9.33. The lowest BCUT2D eigenvalue weighted by Gasteiger charge is -1.92. The van der Waals surface area contributed by atoms with Crippen LogP contribution in [0.25, 0.3) is 0 Å². The van der Waals surface area contributed by atoms with Gasteiger partial charge in [0.25, 0.3) is 0 Å². The average Bonchev–Trinajstić information content (AvgIpc) is 1.84. The third-order valence-electron chi connectivity index (χ3n) is 0.636. The highest BCUT2D eigenvalue weighted by molar-refractivity contribution is 5.87. The molecular formula is C3H6N4O2. The van der Waals surface area contributed by atoms with Gasteiger partial charge in [0.15, 0.2) is 0 Å². The van der Waals surface area contributed by atoms with Crippen molar-refractivity contribution in [1.29, 1.82) is 5.41 Å². The van der Waals surface area contributed by atoms with Gasteiger partial charge in [-0.15, -0.1) is 0 Å². The molecular weight excluding hydrogens is 124 g/mol. The molecule has 5 N–H and O–H groups in total. The Kier molecular flexibility index (Phi) is 2.18. The minimum Gasteiger partial charge on any atom is -0.403 e. The summed E-state index contributed by atoms with van der Waals surface area (Å²) in [5.74, 6) is -0.877. The van der Waals surface area contributed by atoms with Gasteiger partial charge in [-0.1, -0.05) is 5.41 Å². The van der Waals surface area contributed by atoms with Gasteiger partial charge in [0.2, 0.25) is 0 Å². The van der Waals surface area contributed by atoms with Gasteiger partial charge in [-0.25, -0.2) is 0 Å². The van der Waals surface area contributed by atoms with Gasteiger partial charge in [-0.3, -0.25) is 0 Å². The normalized spacial score (nSPS) is 10.9. The molecule has 0 rings (SSSR count). The molecule has 0 aromatic rings. The molecule has 0 spiro atoms. The Bertz CT molecular complexity index is 173. The summed E-state index contributed by atoms with van der Waals surface area (Å²) < 4.78 is 0. The summed E-state index contributed by atoms with van der Waals surface area (Å²) in [5, 5.41) is 16.3. The average molecular weight is 130 g/mol. The van der Waals surface area contributed by atoms with Gasteiger partial charge < -0.3 is 21.6 Å². The SMILES string of the molecule is N=C(/C(N)=C\N)[N+](=O)[O-]. The highest BCUT2D eigenvalue weighted by Gasteiger charge is 2.09. The van der Waals surface area contributed by atoms with Crippen molar-refractivity contribution in [3.63, 3.8) is 0 Å². The molecule has 0 heterocycles. The first-order valence-corrected chi connectivity index (χ1v) is 2.00. The van der Waals surface area contributed by atoms with E-state index in [1.165, 1.54) is 0 Å². The lowest BCUT2D eigenvalue weighted by molar-refractivity contribution is -0.350. The van der Waals surface area contributed by atoms with Gasteiger partial charge in [0.1, 0.15) is 5.70 Å². The van der Waals surface area contributed by atoms with Gasteiger partial charge in [0.05, 0.1) is 0 Å². The molecule has 0 aliphatic rings. The second kappa shape index (κ2) is 2.65. The quantitative estimate of drug-likeness (QED) is 0.182. The number of nitrogens with one attached hydrogen (secondary N) is 1. The number of amidine groups is 1. The molecule has 0 aromatic heterocycles. The van der Waals surface area contributed by atoms with Crippen molar-refractivity contribution in [2.24, 2.45) is 11.5 Å². The molecule has 0 aliphatic heterocycles. The van der Waals surface area contributed by atoms with E-state index >= 15 is 0 Å². The maximum Gasteiger partial charge on any atom is 0.380 e. The highest BCUT2D eigenvalue weighted by Crippen LogP contribution is 1.83. The predicted octanol–water partition coefficient (Wildman–Crippen LogP) is -1.00. The summed E-state index contributed by atoms with van der Waals surface area (Å²) in [6, 6.07) is 0. The van der Waals surface area contributed by atoms with E-state index in [0.717, 1.165) is 6.20 Å². The Labute approximate surface area is 50.8 Å². The van der Waals surface area contributed by atoms with Crippen molar-refractivity contribution >= 4 is 5.84 Å². The molecule has 9 heavy (non-hydrogen) atoms. The third kappa shape index (κ3) is 1.76. The molecule has 0 aromatic carbocycles. The minimum atomic E-state index is -0.918. The second-order valence-corrected chi connectivity index (χ2v) is 1.23. The molecule has 6 heteroatoms. The number of rotatable bonds is 1. The van der Waals surface area contributed by atoms with Crippen LogP contribution in [0.3, 0.4) is 0 Å². The molecule has 0 saturated carbocycles. The molecule has 0 atom stereocenters. The number of hydrogen-bond donors (Lipinski definition) is 3. The Balaban J connectivity index is 4.23. The highest BCUT2D eigenvalue weighted by atomic mass is 16.6. The molecule has 0 amide bonds. The van der Waals surface area contributed by atoms with E-state index in [2.05, 4.69) is 0 Å². The lowest BCUT2D eigenvalue weighted by atomic mass is 10.4. The van der Waals surface area contributed by atoms with Crippen LogP contribution in [0.1, 0.15) is 0 Å². The summed E-state index contributed by atoms with van der Waals surface area (Å²) in [6.07, 6.45) is 0.811. The van der Waals surface area contributed by atoms with Crippen LogP contribution in [0, 0.1) is 15.5 Å². The maximum atomic E-state index is 9.70. The molecule has 0 radical (unpaired) electrons. The monoisotopic (exact) mass is 130 g/mol. The number of nitrogens with zero attached hydrogens (tertiary/aromatic N) is 1. The van der Waals surface area contributed by atoms with Crippen LogP contribution < -0.4 is 11.5 Å². The van der Waals surface area contributed by atoms with Crippen LogP contribution in [0.5, 0.6) is 0 Å². The van der Waals surface area contributed by atoms with Crippen LogP contribution in [-0.2, 0) is 0 Å². The summed E-state index contributed by atoms with van der Waals surface area (Å²) in [4.78, 5) is 8.79.